The molecule has 3 aliphatic rings. The van der Waals surface area contributed by atoms with E-state index in [2.05, 4.69) is 0 Å². The lowest BCUT2D eigenvalue weighted by molar-refractivity contribution is -0.536. The van der Waals surface area contributed by atoms with Crippen LogP contribution in [0.25, 0.3) is 0 Å². The monoisotopic (exact) mass is 472 g/mol. The minimum Gasteiger partial charge on any atom is -0.464 e. The minimum atomic E-state index is -1.14. The van der Waals surface area contributed by atoms with E-state index in [1.54, 1.807) is 6.92 Å². The van der Waals surface area contributed by atoms with Gasteiger partial charge in [-0.2, -0.15) is 0 Å². The van der Waals surface area contributed by atoms with Gasteiger partial charge in [0.25, 0.3) is 5.91 Å². The third kappa shape index (κ3) is 4.57. The van der Waals surface area contributed by atoms with E-state index in [0.29, 0.717) is 18.9 Å². The van der Waals surface area contributed by atoms with Crippen molar-refractivity contribution >= 4 is 11.9 Å². The van der Waals surface area contributed by atoms with Gasteiger partial charge < -0.3 is 14.4 Å². The minimum absolute atomic E-state index is 0.139. The molecule has 8 heteroatoms. The fraction of sp³-hybridized carbons (Fsp3) is 0.692. The van der Waals surface area contributed by atoms with Crippen LogP contribution in [0.5, 0.6) is 0 Å². The van der Waals surface area contributed by atoms with Crippen molar-refractivity contribution in [2.45, 2.75) is 89.9 Å². The highest BCUT2D eigenvalue weighted by atomic mass is 16.6. The summed E-state index contributed by atoms with van der Waals surface area (Å²) in [6.07, 6.45) is 3.62. The molecular weight excluding hydrogens is 436 g/mol. The van der Waals surface area contributed by atoms with E-state index in [-0.39, 0.29) is 17.4 Å². The highest BCUT2D eigenvalue weighted by Crippen LogP contribution is 2.53. The third-order valence-electron chi connectivity index (χ3n) is 7.44. The van der Waals surface area contributed by atoms with Crippen LogP contribution >= 0.6 is 0 Å². The van der Waals surface area contributed by atoms with Gasteiger partial charge in [0, 0.05) is 11.5 Å². The Morgan fingerprint density at radius 2 is 1.82 bits per heavy atom. The lowest BCUT2D eigenvalue weighted by Crippen LogP contribution is -2.51. The molecule has 1 amide bonds. The van der Waals surface area contributed by atoms with Crippen LogP contribution in [0, 0.1) is 21.4 Å². The third-order valence-corrected chi connectivity index (χ3v) is 7.44. The number of carbonyl (C=O) groups excluding carboxylic acids is 2. The summed E-state index contributed by atoms with van der Waals surface area (Å²) >= 11 is 0. The summed E-state index contributed by atoms with van der Waals surface area (Å²) in [5, 5.41) is 12.7. The lowest BCUT2D eigenvalue weighted by Gasteiger charge is -2.35. The zero-order chi connectivity index (χ0) is 24.6. The first-order valence-corrected chi connectivity index (χ1v) is 12.5. The molecule has 34 heavy (non-hydrogen) atoms. The number of hydrogen-bond donors (Lipinski definition) is 0. The molecule has 0 aromatic heterocycles. The van der Waals surface area contributed by atoms with E-state index >= 15 is 0 Å². The number of benzene rings is 1. The fourth-order valence-corrected chi connectivity index (χ4v) is 5.87. The topological polar surface area (TPSA) is 99.0 Å². The van der Waals surface area contributed by atoms with Crippen molar-refractivity contribution < 1.29 is 24.0 Å². The molecular formula is C26H36N2O6. The van der Waals surface area contributed by atoms with Crippen molar-refractivity contribution in [1.29, 1.82) is 0 Å². The summed E-state index contributed by atoms with van der Waals surface area (Å²) in [6.45, 7) is 8.01. The fourth-order valence-electron chi connectivity index (χ4n) is 5.87. The molecule has 2 aliphatic heterocycles. The molecule has 186 valence electrons. The first-order chi connectivity index (χ1) is 16.2. The number of nitro groups is 1. The van der Waals surface area contributed by atoms with Crippen molar-refractivity contribution in [3.63, 3.8) is 0 Å². The van der Waals surface area contributed by atoms with Crippen molar-refractivity contribution in [3.05, 3.63) is 45.5 Å². The number of carbonyl (C=O) groups is 2. The lowest BCUT2D eigenvalue weighted by atomic mass is 9.72. The van der Waals surface area contributed by atoms with Crippen LogP contribution in [0.3, 0.4) is 0 Å². The second-order valence-electron chi connectivity index (χ2n) is 10.8. The van der Waals surface area contributed by atoms with E-state index in [4.69, 9.17) is 9.47 Å². The summed E-state index contributed by atoms with van der Waals surface area (Å²) in [6, 6.07) is 4.66. The van der Waals surface area contributed by atoms with Crippen LogP contribution in [0.1, 0.15) is 82.9 Å². The second kappa shape index (κ2) is 9.64. The number of likely N-dealkylation sites (tertiary alicyclic amines) is 1. The zero-order valence-electron chi connectivity index (χ0n) is 20.6. The molecule has 0 unspecified atom stereocenters. The van der Waals surface area contributed by atoms with Crippen molar-refractivity contribution in [1.82, 2.24) is 4.90 Å². The number of hydrogen-bond acceptors (Lipinski definition) is 6. The molecule has 1 aromatic carbocycles. The molecule has 2 heterocycles. The molecule has 1 aromatic rings. The molecule has 3 fully saturated rings. The highest BCUT2D eigenvalue weighted by Gasteiger charge is 2.65. The van der Waals surface area contributed by atoms with Gasteiger partial charge in [0.05, 0.1) is 12.5 Å². The summed E-state index contributed by atoms with van der Waals surface area (Å²) in [5.74, 6) is -1.30. The number of rotatable bonds is 6. The van der Waals surface area contributed by atoms with Crippen molar-refractivity contribution in [2.24, 2.45) is 11.3 Å². The van der Waals surface area contributed by atoms with Gasteiger partial charge in [-0.05, 0) is 61.5 Å². The molecule has 5 atom stereocenters. The summed E-state index contributed by atoms with van der Waals surface area (Å²) in [5.41, 5.74) is 1.19. The van der Waals surface area contributed by atoms with Crippen LogP contribution in [0.2, 0.25) is 0 Å². The SMILES string of the molecule is CCOC(=O)[C@@H]1[C@@H](C(C)(C)C)[C@H]([N+](=O)[O-])[C@H](c2ccccc2C2CC2)N1C(=O)[C@@H]1CCCCO1. The number of amides is 1. The maximum absolute atomic E-state index is 14.0. The van der Waals surface area contributed by atoms with Crippen LogP contribution in [-0.4, -0.2) is 53.1 Å². The Bertz CT molecular complexity index is 931. The van der Waals surface area contributed by atoms with E-state index in [1.165, 1.54) is 4.90 Å². The van der Waals surface area contributed by atoms with Crippen molar-refractivity contribution in [3.8, 4) is 0 Å². The average molecular weight is 473 g/mol. The Balaban J connectivity index is 1.91. The Labute approximate surface area is 201 Å². The molecule has 8 nitrogen and oxygen atoms in total. The Kier molecular flexibility index (Phi) is 6.99. The van der Waals surface area contributed by atoms with E-state index < -0.39 is 41.5 Å². The molecule has 0 bridgehead atoms. The van der Waals surface area contributed by atoms with Gasteiger partial charge in [0.2, 0.25) is 6.04 Å². The number of esters is 1. The van der Waals surface area contributed by atoms with Gasteiger partial charge in [-0.25, -0.2) is 4.79 Å². The largest absolute Gasteiger partial charge is 0.464 e. The summed E-state index contributed by atoms with van der Waals surface area (Å²) in [4.78, 5) is 41.3. The molecule has 4 rings (SSSR count). The van der Waals surface area contributed by atoms with Gasteiger partial charge in [0.1, 0.15) is 18.2 Å². The van der Waals surface area contributed by atoms with E-state index in [1.807, 2.05) is 45.0 Å². The van der Waals surface area contributed by atoms with Gasteiger partial charge in [-0.1, -0.05) is 45.0 Å². The van der Waals surface area contributed by atoms with Gasteiger partial charge in [-0.15, -0.1) is 0 Å². The summed E-state index contributed by atoms with van der Waals surface area (Å²) in [7, 11) is 0. The number of ether oxygens (including phenoxy) is 2. The van der Waals surface area contributed by atoms with Gasteiger partial charge in [0.15, 0.2) is 0 Å². The van der Waals surface area contributed by atoms with Crippen LogP contribution < -0.4 is 0 Å². The second-order valence-corrected chi connectivity index (χ2v) is 10.8. The molecule has 1 aliphatic carbocycles. The van der Waals surface area contributed by atoms with Gasteiger partial charge in [-0.3, -0.25) is 14.9 Å². The quantitative estimate of drug-likeness (QED) is 0.349. The standard InChI is InChI=1S/C26H36N2O6/c1-5-33-25(30)23-20(26(2,3)4)22(28(31)32)21(18-11-7-6-10-17(18)16-13-14-16)27(23)24(29)19-12-8-9-15-34-19/h6-7,10-11,16,19-23H,5,8-9,12-15H2,1-4H3/t19-,20-,21-,22-,23-/m0/s1. The molecule has 0 spiro atoms. The average Bonchev–Trinajstić information content (AvgIpc) is 3.58. The predicted octanol–water partition coefficient (Wildman–Crippen LogP) is 4.26. The Morgan fingerprint density at radius 1 is 1.15 bits per heavy atom. The molecule has 0 N–H and O–H groups in total. The smallest absolute Gasteiger partial charge is 0.329 e. The molecule has 2 saturated heterocycles. The highest BCUT2D eigenvalue weighted by molar-refractivity contribution is 5.89. The summed E-state index contributed by atoms with van der Waals surface area (Å²) < 4.78 is 11.2. The first-order valence-electron chi connectivity index (χ1n) is 12.5. The molecule has 1 saturated carbocycles. The Morgan fingerprint density at radius 3 is 2.35 bits per heavy atom. The zero-order valence-corrected chi connectivity index (χ0v) is 20.6. The van der Waals surface area contributed by atoms with E-state index in [9.17, 15) is 19.7 Å². The molecule has 0 radical (unpaired) electrons. The Hall–Kier alpha value is -2.48. The van der Waals surface area contributed by atoms with Crippen LogP contribution in [-0.2, 0) is 19.1 Å². The van der Waals surface area contributed by atoms with Crippen LogP contribution in [0.15, 0.2) is 24.3 Å². The normalized spacial score (nSPS) is 29.6. The van der Waals surface area contributed by atoms with E-state index in [0.717, 1.165) is 36.8 Å². The maximum Gasteiger partial charge on any atom is 0.329 e. The predicted molar refractivity (Wildman–Crippen MR) is 126 cm³/mol. The van der Waals surface area contributed by atoms with Crippen LogP contribution in [0.4, 0.5) is 0 Å². The van der Waals surface area contributed by atoms with Gasteiger partial charge >= 0.3 is 5.97 Å². The number of nitrogens with zero attached hydrogens (tertiary/aromatic N) is 2. The maximum atomic E-state index is 14.0. The first kappa shape index (κ1) is 24.6. The van der Waals surface area contributed by atoms with Crippen molar-refractivity contribution in [2.75, 3.05) is 13.2 Å².